The molecule has 1 aromatic rings. The first-order valence-corrected chi connectivity index (χ1v) is 5.94. The summed E-state index contributed by atoms with van der Waals surface area (Å²) >= 11 is 5.82. The van der Waals surface area contributed by atoms with Crippen molar-refractivity contribution >= 4 is 17.6 Å². The van der Waals surface area contributed by atoms with Crippen LogP contribution in [0.25, 0.3) is 0 Å². The van der Waals surface area contributed by atoms with E-state index in [-0.39, 0.29) is 0 Å². The van der Waals surface area contributed by atoms with Crippen molar-refractivity contribution in [2.75, 3.05) is 0 Å². The highest BCUT2D eigenvalue weighted by Crippen LogP contribution is 2.68. The molecule has 3 heteroatoms. The fourth-order valence-corrected chi connectivity index (χ4v) is 3.13. The molecule has 2 nitrogen and oxygen atoms in total. The molecule has 2 aliphatic carbocycles. The molecular weight excluding hydrogens is 224 g/mol. The lowest BCUT2D eigenvalue weighted by molar-refractivity contribution is -0.150. The highest BCUT2D eigenvalue weighted by molar-refractivity contribution is 6.30. The second-order valence-corrected chi connectivity index (χ2v) is 5.68. The monoisotopic (exact) mass is 236 g/mol. The number of carboxylic acids is 1. The standard InChI is InChI=1S/C13H13ClO2/c14-10-3-1-9(2-4-10)13(11(15)16)7-12(8-13)5-6-12/h1-4H,5-8H2,(H,15,16). The van der Waals surface area contributed by atoms with E-state index in [9.17, 15) is 9.90 Å². The normalized spacial score (nSPS) is 23.8. The Morgan fingerprint density at radius 3 is 2.19 bits per heavy atom. The number of hydrogen-bond acceptors (Lipinski definition) is 1. The minimum Gasteiger partial charge on any atom is -0.481 e. The van der Waals surface area contributed by atoms with Gasteiger partial charge in [-0.2, -0.15) is 0 Å². The number of rotatable bonds is 2. The lowest BCUT2D eigenvalue weighted by Gasteiger charge is -2.45. The van der Waals surface area contributed by atoms with Crippen molar-refractivity contribution in [3.8, 4) is 0 Å². The van der Waals surface area contributed by atoms with E-state index in [1.165, 1.54) is 12.8 Å². The lowest BCUT2D eigenvalue weighted by Crippen LogP contribution is -2.48. The molecule has 0 saturated heterocycles. The summed E-state index contributed by atoms with van der Waals surface area (Å²) < 4.78 is 0. The van der Waals surface area contributed by atoms with Gasteiger partial charge < -0.3 is 5.11 Å². The van der Waals surface area contributed by atoms with Gasteiger partial charge in [-0.05, 0) is 48.8 Å². The SMILES string of the molecule is O=C(O)C1(c2ccc(Cl)cc2)CC2(CC2)C1. The van der Waals surface area contributed by atoms with Gasteiger partial charge in [0.15, 0.2) is 0 Å². The molecule has 0 radical (unpaired) electrons. The molecule has 0 aromatic heterocycles. The summed E-state index contributed by atoms with van der Waals surface area (Å²) in [5, 5.41) is 10.1. The van der Waals surface area contributed by atoms with Crippen molar-refractivity contribution in [3.63, 3.8) is 0 Å². The maximum atomic E-state index is 11.5. The van der Waals surface area contributed by atoms with Crippen LogP contribution in [0.3, 0.4) is 0 Å². The lowest BCUT2D eigenvalue weighted by atomic mass is 9.56. The minimum atomic E-state index is -0.688. The van der Waals surface area contributed by atoms with Gasteiger partial charge in [0.25, 0.3) is 0 Å². The zero-order valence-corrected chi connectivity index (χ0v) is 9.63. The van der Waals surface area contributed by atoms with E-state index in [2.05, 4.69) is 0 Å². The van der Waals surface area contributed by atoms with E-state index >= 15 is 0 Å². The number of halogens is 1. The molecule has 1 N–H and O–H groups in total. The number of hydrogen-bond donors (Lipinski definition) is 1. The Labute approximate surface area is 99.2 Å². The van der Waals surface area contributed by atoms with Crippen LogP contribution in [0, 0.1) is 5.41 Å². The summed E-state index contributed by atoms with van der Waals surface area (Å²) in [6, 6.07) is 7.26. The third kappa shape index (κ3) is 1.29. The Bertz CT molecular complexity index is 438. The van der Waals surface area contributed by atoms with Gasteiger partial charge in [0, 0.05) is 5.02 Å². The van der Waals surface area contributed by atoms with Gasteiger partial charge in [0.05, 0.1) is 5.41 Å². The van der Waals surface area contributed by atoms with E-state index < -0.39 is 11.4 Å². The molecule has 16 heavy (non-hydrogen) atoms. The number of aliphatic carboxylic acids is 1. The van der Waals surface area contributed by atoms with Crippen molar-refractivity contribution in [1.29, 1.82) is 0 Å². The van der Waals surface area contributed by atoms with Crippen molar-refractivity contribution in [3.05, 3.63) is 34.9 Å². The Balaban J connectivity index is 1.95. The largest absolute Gasteiger partial charge is 0.481 e. The number of benzene rings is 1. The summed E-state index contributed by atoms with van der Waals surface area (Å²) in [4.78, 5) is 11.5. The topological polar surface area (TPSA) is 37.3 Å². The van der Waals surface area contributed by atoms with Crippen LogP contribution >= 0.6 is 11.6 Å². The van der Waals surface area contributed by atoms with Crippen LogP contribution in [-0.2, 0) is 10.2 Å². The fourth-order valence-electron chi connectivity index (χ4n) is 3.01. The zero-order chi connectivity index (χ0) is 11.4. The highest BCUT2D eigenvalue weighted by atomic mass is 35.5. The van der Waals surface area contributed by atoms with E-state index in [0.717, 1.165) is 18.4 Å². The van der Waals surface area contributed by atoms with E-state index in [1.54, 1.807) is 12.1 Å². The molecule has 0 heterocycles. The molecule has 1 spiro atoms. The maximum absolute atomic E-state index is 11.5. The quantitative estimate of drug-likeness (QED) is 0.856. The molecule has 1 aromatic carbocycles. The predicted octanol–water partition coefficient (Wildman–Crippen LogP) is 3.24. The van der Waals surface area contributed by atoms with Gasteiger partial charge in [-0.25, -0.2) is 0 Å². The summed E-state index contributed by atoms with van der Waals surface area (Å²) in [7, 11) is 0. The number of carboxylic acid groups (broad SMARTS) is 1. The summed E-state index contributed by atoms with van der Waals surface area (Å²) in [6.07, 6.45) is 4.01. The fraction of sp³-hybridized carbons (Fsp3) is 0.462. The van der Waals surface area contributed by atoms with E-state index in [4.69, 9.17) is 11.6 Å². The average Bonchev–Trinajstić information content (AvgIpc) is 2.95. The van der Waals surface area contributed by atoms with Crippen LogP contribution in [-0.4, -0.2) is 11.1 Å². The van der Waals surface area contributed by atoms with Gasteiger partial charge >= 0.3 is 5.97 Å². The Morgan fingerprint density at radius 2 is 1.75 bits per heavy atom. The van der Waals surface area contributed by atoms with E-state index in [1.807, 2.05) is 12.1 Å². The molecule has 3 rings (SSSR count). The van der Waals surface area contributed by atoms with Crippen molar-refractivity contribution in [1.82, 2.24) is 0 Å². The second kappa shape index (κ2) is 3.01. The third-order valence-corrected chi connectivity index (χ3v) is 4.37. The Hall–Kier alpha value is -1.02. The average molecular weight is 237 g/mol. The molecule has 0 aliphatic heterocycles. The molecule has 2 fully saturated rings. The predicted molar refractivity (Wildman–Crippen MR) is 61.7 cm³/mol. The first kappa shape index (κ1) is 10.2. The molecule has 0 unspecified atom stereocenters. The van der Waals surface area contributed by atoms with Crippen LogP contribution in [0.1, 0.15) is 31.2 Å². The first-order chi connectivity index (χ1) is 7.56. The molecule has 2 saturated carbocycles. The number of carbonyl (C=O) groups is 1. The highest BCUT2D eigenvalue weighted by Gasteiger charge is 2.64. The van der Waals surface area contributed by atoms with Gasteiger partial charge in [0.2, 0.25) is 0 Å². The van der Waals surface area contributed by atoms with Gasteiger partial charge in [-0.1, -0.05) is 23.7 Å². The summed E-state index contributed by atoms with van der Waals surface area (Å²) in [5.41, 5.74) is 0.640. The van der Waals surface area contributed by atoms with Crippen molar-refractivity contribution in [2.45, 2.75) is 31.1 Å². The molecule has 0 amide bonds. The van der Waals surface area contributed by atoms with E-state index in [0.29, 0.717) is 10.4 Å². The molecular formula is C13H13ClO2. The Kier molecular flexibility index (Phi) is 1.91. The molecule has 84 valence electrons. The van der Waals surface area contributed by atoms with Crippen LogP contribution in [0.15, 0.2) is 24.3 Å². The van der Waals surface area contributed by atoms with Crippen molar-refractivity contribution in [2.24, 2.45) is 5.41 Å². The smallest absolute Gasteiger partial charge is 0.314 e. The van der Waals surface area contributed by atoms with Crippen LogP contribution in [0.4, 0.5) is 0 Å². The van der Waals surface area contributed by atoms with Crippen LogP contribution < -0.4 is 0 Å². The minimum absolute atomic E-state index is 0.373. The molecule has 2 aliphatic rings. The molecule has 0 atom stereocenters. The van der Waals surface area contributed by atoms with Gasteiger partial charge in [-0.15, -0.1) is 0 Å². The third-order valence-electron chi connectivity index (χ3n) is 4.12. The summed E-state index contributed by atoms with van der Waals surface area (Å²) in [6.45, 7) is 0. The second-order valence-electron chi connectivity index (χ2n) is 5.25. The molecule has 0 bridgehead atoms. The van der Waals surface area contributed by atoms with Crippen LogP contribution in [0.5, 0.6) is 0 Å². The van der Waals surface area contributed by atoms with Gasteiger partial charge in [-0.3, -0.25) is 4.79 Å². The summed E-state index contributed by atoms with van der Waals surface area (Å²) in [5.74, 6) is -0.688. The van der Waals surface area contributed by atoms with Crippen LogP contribution in [0.2, 0.25) is 5.02 Å². The Morgan fingerprint density at radius 1 is 1.19 bits per heavy atom. The zero-order valence-electron chi connectivity index (χ0n) is 8.87. The van der Waals surface area contributed by atoms with Crippen molar-refractivity contribution < 1.29 is 9.90 Å². The first-order valence-electron chi connectivity index (χ1n) is 5.56. The maximum Gasteiger partial charge on any atom is 0.314 e. The van der Waals surface area contributed by atoms with Gasteiger partial charge in [0.1, 0.15) is 0 Å².